The van der Waals surface area contributed by atoms with E-state index in [0.29, 0.717) is 31.8 Å². The predicted octanol–water partition coefficient (Wildman–Crippen LogP) is -0.131. The SMILES string of the molecule is Cn1cnnc1CNC(=O)NCCCCC(=O)O. The molecule has 0 aliphatic heterocycles. The van der Waals surface area contributed by atoms with Crippen molar-refractivity contribution < 1.29 is 14.7 Å². The van der Waals surface area contributed by atoms with Gasteiger partial charge in [-0.1, -0.05) is 0 Å². The number of carbonyl (C=O) groups excluding carboxylic acids is 1. The molecule has 0 bridgehead atoms. The van der Waals surface area contributed by atoms with E-state index in [1.165, 1.54) is 0 Å². The highest BCUT2D eigenvalue weighted by Crippen LogP contribution is 1.93. The number of hydrogen-bond donors (Lipinski definition) is 3. The Morgan fingerprint density at radius 3 is 2.78 bits per heavy atom. The molecule has 0 saturated carbocycles. The van der Waals surface area contributed by atoms with Crippen molar-refractivity contribution >= 4 is 12.0 Å². The van der Waals surface area contributed by atoms with Gasteiger partial charge in [0.1, 0.15) is 6.33 Å². The molecule has 1 aromatic heterocycles. The van der Waals surface area contributed by atoms with E-state index in [1.807, 2.05) is 0 Å². The Morgan fingerprint density at radius 1 is 1.39 bits per heavy atom. The summed E-state index contributed by atoms with van der Waals surface area (Å²) < 4.78 is 1.72. The van der Waals surface area contributed by atoms with Crippen molar-refractivity contribution in [2.75, 3.05) is 6.54 Å². The van der Waals surface area contributed by atoms with E-state index in [4.69, 9.17) is 5.11 Å². The van der Waals surface area contributed by atoms with Crippen LogP contribution in [0, 0.1) is 0 Å². The Hall–Kier alpha value is -2.12. The van der Waals surface area contributed by atoms with Gasteiger partial charge in [0.2, 0.25) is 0 Å². The molecule has 1 rings (SSSR count). The van der Waals surface area contributed by atoms with Gasteiger partial charge in [-0.25, -0.2) is 4.79 Å². The van der Waals surface area contributed by atoms with Gasteiger partial charge in [-0.05, 0) is 12.8 Å². The number of carbonyl (C=O) groups is 2. The second-order valence-corrected chi connectivity index (χ2v) is 3.82. The van der Waals surface area contributed by atoms with E-state index >= 15 is 0 Å². The highest BCUT2D eigenvalue weighted by Gasteiger charge is 2.04. The molecule has 2 amide bonds. The van der Waals surface area contributed by atoms with Gasteiger partial charge in [0.25, 0.3) is 0 Å². The number of nitrogens with zero attached hydrogens (tertiary/aromatic N) is 3. The van der Waals surface area contributed by atoms with Crippen LogP contribution in [0.15, 0.2) is 6.33 Å². The molecule has 8 heteroatoms. The maximum absolute atomic E-state index is 11.4. The minimum absolute atomic E-state index is 0.127. The molecule has 1 heterocycles. The molecule has 18 heavy (non-hydrogen) atoms. The quantitative estimate of drug-likeness (QED) is 0.588. The van der Waals surface area contributed by atoms with Crippen LogP contribution in [0.2, 0.25) is 0 Å². The lowest BCUT2D eigenvalue weighted by atomic mass is 10.2. The summed E-state index contributed by atoms with van der Waals surface area (Å²) in [7, 11) is 1.79. The van der Waals surface area contributed by atoms with E-state index in [1.54, 1.807) is 17.9 Å². The molecule has 0 spiro atoms. The molecule has 8 nitrogen and oxygen atoms in total. The highest BCUT2D eigenvalue weighted by atomic mass is 16.4. The number of urea groups is 1. The average molecular weight is 255 g/mol. The summed E-state index contributed by atoms with van der Waals surface area (Å²) in [6.07, 6.45) is 2.88. The molecule has 0 aromatic carbocycles. The molecule has 0 saturated heterocycles. The molecular formula is C10H17N5O3. The Morgan fingerprint density at radius 2 is 2.17 bits per heavy atom. The van der Waals surface area contributed by atoms with Crippen LogP contribution >= 0.6 is 0 Å². The number of rotatable bonds is 7. The highest BCUT2D eigenvalue weighted by molar-refractivity contribution is 5.73. The first kappa shape index (κ1) is 13.9. The van der Waals surface area contributed by atoms with Crippen molar-refractivity contribution in [3.05, 3.63) is 12.2 Å². The van der Waals surface area contributed by atoms with Crippen LogP contribution < -0.4 is 10.6 Å². The van der Waals surface area contributed by atoms with Crippen LogP contribution in [0.5, 0.6) is 0 Å². The molecular weight excluding hydrogens is 238 g/mol. The number of unbranched alkanes of at least 4 members (excludes halogenated alkanes) is 1. The van der Waals surface area contributed by atoms with Gasteiger partial charge < -0.3 is 20.3 Å². The van der Waals surface area contributed by atoms with E-state index < -0.39 is 5.97 Å². The van der Waals surface area contributed by atoms with E-state index in [2.05, 4.69) is 20.8 Å². The number of aryl methyl sites for hydroxylation is 1. The minimum atomic E-state index is -0.818. The molecule has 100 valence electrons. The second kappa shape index (κ2) is 7.25. The van der Waals surface area contributed by atoms with Crippen LogP contribution in [0.4, 0.5) is 4.79 Å². The van der Waals surface area contributed by atoms with Gasteiger partial charge in [-0.2, -0.15) is 0 Å². The molecule has 3 N–H and O–H groups in total. The van der Waals surface area contributed by atoms with Gasteiger partial charge in [-0.3, -0.25) is 4.79 Å². The van der Waals surface area contributed by atoms with Crippen molar-refractivity contribution in [1.82, 2.24) is 25.4 Å². The van der Waals surface area contributed by atoms with E-state index in [-0.39, 0.29) is 12.5 Å². The predicted molar refractivity (Wildman–Crippen MR) is 62.7 cm³/mol. The normalized spacial score (nSPS) is 10.1. The van der Waals surface area contributed by atoms with Gasteiger partial charge in [0.05, 0.1) is 6.54 Å². The van der Waals surface area contributed by atoms with Gasteiger partial charge in [-0.15, -0.1) is 10.2 Å². The largest absolute Gasteiger partial charge is 0.481 e. The number of carboxylic acids is 1. The number of amides is 2. The number of hydrogen-bond acceptors (Lipinski definition) is 4. The maximum atomic E-state index is 11.4. The maximum Gasteiger partial charge on any atom is 0.315 e. The summed E-state index contributed by atoms with van der Waals surface area (Å²) in [4.78, 5) is 21.6. The van der Waals surface area contributed by atoms with E-state index in [0.717, 1.165) is 0 Å². The van der Waals surface area contributed by atoms with Gasteiger partial charge >= 0.3 is 12.0 Å². The van der Waals surface area contributed by atoms with Crippen LogP contribution in [-0.4, -0.2) is 38.4 Å². The summed E-state index contributed by atoms with van der Waals surface area (Å²) >= 11 is 0. The molecule has 0 radical (unpaired) electrons. The zero-order valence-electron chi connectivity index (χ0n) is 10.2. The van der Waals surface area contributed by atoms with Crippen LogP contribution in [0.25, 0.3) is 0 Å². The lowest BCUT2D eigenvalue weighted by Crippen LogP contribution is -2.36. The Bertz CT molecular complexity index is 404. The van der Waals surface area contributed by atoms with Gasteiger partial charge in [0, 0.05) is 20.0 Å². The first-order valence-electron chi connectivity index (χ1n) is 5.66. The molecule has 0 unspecified atom stereocenters. The molecule has 0 atom stereocenters. The number of aliphatic carboxylic acids is 1. The van der Waals surface area contributed by atoms with Crippen LogP contribution in [0.1, 0.15) is 25.1 Å². The summed E-state index contributed by atoms with van der Waals surface area (Å²) in [6.45, 7) is 0.759. The van der Waals surface area contributed by atoms with Crippen LogP contribution in [0.3, 0.4) is 0 Å². The fourth-order valence-corrected chi connectivity index (χ4v) is 1.29. The standard InChI is InChI=1S/C10H17N5O3/c1-15-7-13-14-8(15)6-12-10(18)11-5-3-2-4-9(16)17/h7H,2-6H2,1H3,(H,16,17)(H2,11,12,18). The minimum Gasteiger partial charge on any atom is -0.481 e. The number of carboxylic acid groups (broad SMARTS) is 1. The van der Waals surface area contributed by atoms with Crippen molar-refractivity contribution in [2.24, 2.45) is 7.05 Å². The Kier molecular flexibility index (Phi) is 5.62. The first-order valence-corrected chi connectivity index (χ1v) is 5.66. The van der Waals surface area contributed by atoms with Crippen molar-refractivity contribution in [3.63, 3.8) is 0 Å². The monoisotopic (exact) mass is 255 g/mol. The zero-order chi connectivity index (χ0) is 13.4. The van der Waals surface area contributed by atoms with Crippen molar-refractivity contribution in [3.8, 4) is 0 Å². The Balaban J connectivity index is 2.07. The third kappa shape index (κ3) is 5.28. The van der Waals surface area contributed by atoms with E-state index in [9.17, 15) is 9.59 Å². The van der Waals surface area contributed by atoms with Crippen molar-refractivity contribution in [1.29, 1.82) is 0 Å². The number of aromatic nitrogens is 3. The molecule has 0 aliphatic rings. The lowest BCUT2D eigenvalue weighted by Gasteiger charge is -2.06. The second-order valence-electron chi connectivity index (χ2n) is 3.82. The smallest absolute Gasteiger partial charge is 0.315 e. The fourth-order valence-electron chi connectivity index (χ4n) is 1.29. The summed E-state index contributed by atoms with van der Waals surface area (Å²) in [5, 5.41) is 21.2. The Labute approximate surface area is 104 Å². The molecule has 0 fully saturated rings. The molecule has 0 aliphatic carbocycles. The summed E-state index contributed by atoms with van der Waals surface area (Å²) in [5.74, 6) is -0.155. The zero-order valence-corrected chi connectivity index (χ0v) is 10.2. The lowest BCUT2D eigenvalue weighted by molar-refractivity contribution is -0.137. The van der Waals surface area contributed by atoms with Gasteiger partial charge in [0.15, 0.2) is 5.82 Å². The molecule has 1 aromatic rings. The van der Waals surface area contributed by atoms with Crippen LogP contribution in [-0.2, 0) is 18.4 Å². The topological polar surface area (TPSA) is 109 Å². The summed E-state index contributed by atoms with van der Waals surface area (Å²) in [6, 6.07) is -0.298. The fraction of sp³-hybridized carbons (Fsp3) is 0.600. The number of nitrogens with one attached hydrogen (secondary N) is 2. The van der Waals surface area contributed by atoms with Crippen molar-refractivity contribution in [2.45, 2.75) is 25.8 Å². The average Bonchev–Trinajstić information content (AvgIpc) is 2.71. The first-order chi connectivity index (χ1) is 8.59. The third-order valence-corrected chi connectivity index (χ3v) is 2.32. The summed E-state index contributed by atoms with van der Waals surface area (Å²) in [5.41, 5.74) is 0. The third-order valence-electron chi connectivity index (χ3n) is 2.32.